The number of rotatable bonds is 6. The van der Waals surface area contributed by atoms with Gasteiger partial charge in [-0.15, -0.1) is 0 Å². The molecule has 0 aromatic rings. The first kappa shape index (κ1) is 15.5. The Balaban J connectivity index is 4.73. The normalized spacial score (nSPS) is 11.8. The van der Waals surface area contributed by atoms with E-state index in [2.05, 4.69) is 6.58 Å². The number of likely N-dealkylation sites (N-methyl/N-ethyl adjacent to an activating group) is 1. The first-order chi connectivity index (χ1) is 7.79. The number of carboxylic acid groups (broad SMARTS) is 1. The molecule has 0 aliphatic heterocycles. The van der Waals surface area contributed by atoms with E-state index in [1.807, 2.05) is 20.8 Å². The van der Waals surface area contributed by atoms with Crippen LogP contribution in [0.4, 0.5) is 4.79 Å². The summed E-state index contributed by atoms with van der Waals surface area (Å²) in [6.45, 7) is 9.49. The highest BCUT2D eigenvalue weighted by Gasteiger charge is 2.24. The highest BCUT2D eigenvalue weighted by molar-refractivity contribution is 5.80. The van der Waals surface area contributed by atoms with E-state index in [0.717, 1.165) is 12.0 Å². The number of carboxylic acids is 1. The summed E-state index contributed by atoms with van der Waals surface area (Å²) in [4.78, 5) is 25.7. The van der Waals surface area contributed by atoms with Gasteiger partial charge in [-0.05, 0) is 20.3 Å². The third-order valence-electron chi connectivity index (χ3n) is 2.51. The molecule has 5 nitrogen and oxygen atoms in total. The van der Waals surface area contributed by atoms with Gasteiger partial charge in [0.1, 0.15) is 6.54 Å². The number of hydrogen-bond acceptors (Lipinski definition) is 2. The number of amides is 2. The first-order valence-electron chi connectivity index (χ1n) is 5.67. The van der Waals surface area contributed by atoms with Crippen LogP contribution in [0.5, 0.6) is 0 Å². The molecular formula is C12H22N2O3. The molecular weight excluding hydrogens is 220 g/mol. The Hall–Kier alpha value is -1.52. The van der Waals surface area contributed by atoms with Gasteiger partial charge in [0.2, 0.25) is 0 Å². The van der Waals surface area contributed by atoms with Crippen LogP contribution in [-0.4, -0.2) is 53.1 Å². The molecule has 0 heterocycles. The van der Waals surface area contributed by atoms with Gasteiger partial charge in [-0.2, -0.15) is 0 Å². The molecule has 0 fully saturated rings. The van der Waals surface area contributed by atoms with Crippen molar-refractivity contribution < 1.29 is 14.7 Å². The lowest BCUT2D eigenvalue weighted by molar-refractivity contribution is -0.138. The molecule has 5 heteroatoms. The van der Waals surface area contributed by atoms with Crippen LogP contribution in [-0.2, 0) is 4.79 Å². The van der Waals surface area contributed by atoms with Crippen molar-refractivity contribution in [1.82, 2.24) is 9.80 Å². The number of carbonyl (C=O) groups is 2. The van der Waals surface area contributed by atoms with Crippen molar-refractivity contribution in [3.05, 3.63) is 12.2 Å². The average molecular weight is 242 g/mol. The molecule has 0 rings (SSSR count). The fourth-order valence-corrected chi connectivity index (χ4v) is 1.47. The van der Waals surface area contributed by atoms with Gasteiger partial charge in [-0.1, -0.05) is 19.1 Å². The van der Waals surface area contributed by atoms with Crippen LogP contribution in [0, 0.1) is 0 Å². The maximum absolute atomic E-state index is 12.1. The minimum absolute atomic E-state index is 0.0915. The summed E-state index contributed by atoms with van der Waals surface area (Å²) in [5.41, 5.74) is 0.861. The molecule has 17 heavy (non-hydrogen) atoms. The van der Waals surface area contributed by atoms with Gasteiger partial charge in [-0.3, -0.25) is 4.79 Å². The summed E-state index contributed by atoms with van der Waals surface area (Å²) < 4.78 is 0. The number of nitrogens with zero attached hydrogens (tertiary/aromatic N) is 2. The quantitative estimate of drug-likeness (QED) is 0.722. The minimum atomic E-state index is -0.998. The Morgan fingerprint density at radius 2 is 1.88 bits per heavy atom. The highest BCUT2D eigenvalue weighted by Crippen LogP contribution is 2.08. The smallest absolute Gasteiger partial charge is 0.323 e. The van der Waals surface area contributed by atoms with Gasteiger partial charge in [0.05, 0.1) is 0 Å². The standard InChI is InChI=1S/C12H22N2O3/c1-6-10(4)14(8-11(15)16)12(17)13(5)7-9(2)3/h10H,2,6-8H2,1,3-5H3,(H,15,16). The molecule has 2 amide bonds. The average Bonchev–Trinajstić information content (AvgIpc) is 2.22. The van der Waals surface area contributed by atoms with Crippen molar-refractivity contribution in [2.45, 2.75) is 33.2 Å². The first-order valence-corrected chi connectivity index (χ1v) is 5.67. The van der Waals surface area contributed by atoms with E-state index in [1.165, 1.54) is 9.80 Å². The maximum Gasteiger partial charge on any atom is 0.323 e. The summed E-state index contributed by atoms with van der Waals surface area (Å²) in [5.74, 6) is -0.998. The van der Waals surface area contributed by atoms with Crippen LogP contribution in [0.15, 0.2) is 12.2 Å². The van der Waals surface area contributed by atoms with E-state index in [1.54, 1.807) is 7.05 Å². The molecule has 0 aliphatic carbocycles. The fraction of sp³-hybridized carbons (Fsp3) is 0.667. The minimum Gasteiger partial charge on any atom is -0.480 e. The van der Waals surface area contributed by atoms with E-state index in [9.17, 15) is 9.59 Å². The van der Waals surface area contributed by atoms with Crippen molar-refractivity contribution in [3.63, 3.8) is 0 Å². The third-order valence-corrected chi connectivity index (χ3v) is 2.51. The van der Waals surface area contributed by atoms with Crippen LogP contribution in [0.25, 0.3) is 0 Å². The van der Waals surface area contributed by atoms with Gasteiger partial charge in [0, 0.05) is 19.6 Å². The van der Waals surface area contributed by atoms with E-state index >= 15 is 0 Å². The Labute approximate surface area is 103 Å². The second-order valence-corrected chi connectivity index (χ2v) is 4.37. The number of urea groups is 1. The number of aliphatic carboxylic acids is 1. The molecule has 0 aromatic carbocycles. The zero-order valence-corrected chi connectivity index (χ0v) is 11.1. The highest BCUT2D eigenvalue weighted by atomic mass is 16.4. The summed E-state index contributed by atoms with van der Waals surface area (Å²) >= 11 is 0. The third kappa shape index (κ3) is 5.38. The molecule has 0 saturated heterocycles. The van der Waals surface area contributed by atoms with Crippen LogP contribution in [0.3, 0.4) is 0 Å². The lowest BCUT2D eigenvalue weighted by Crippen LogP contribution is -2.48. The van der Waals surface area contributed by atoms with Crippen molar-refractivity contribution in [2.75, 3.05) is 20.1 Å². The Morgan fingerprint density at radius 3 is 2.24 bits per heavy atom. The second kappa shape index (κ2) is 6.93. The lowest BCUT2D eigenvalue weighted by Gasteiger charge is -2.31. The molecule has 0 aromatic heterocycles. The van der Waals surface area contributed by atoms with Gasteiger partial charge in [0.25, 0.3) is 0 Å². The maximum atomic E-state index is 12.1. The van der Waals surface area contributed by atoms with Crippen LogP contribution >= 0.6 is 0 Å². The van der Waals surface area contributed by atoms with Crippen LogP contribution in [0.2, 0.25) is 0 Å². The molecule has 1 N–H and O–H groups in total. The summed E-state index contributed by atoms with van der Waals surface area (Å²) in [6, 6.07) is -0.365. The second-order valence-electron chi connectivity index (χ2n) is 4.37. The summed E-state index contributed by atoms with van der Waals surface area (Å²) in [6.07, 6.45) is 0.722. The molecule has 0 spiro atoms. The van der Waals surface area contributed by atoms with Crippen molar-refractivity contribution >= 4 is 12.0 Å². The lowest BCUT2D eigenvalue weighted by atomic mass is 10.2. The SMILES string of the molecule is C=C(C)CN(C)C(=O)N(CC(=O)O)C(C)CC. The van der Waals surface area contributed by atoms with Gasteiger partial charge in [-0.25, -0.2) is 4.79 Å². The monoisotopic (exact) mass is 242 g/mol. The van der Waals surface area contributed by atoms with E-state index in [0.29, 0.717) is 6.54 Å². The Morgan fingerprint density at radius 1 is 1.35 bits per heavy atom. The largest absolute Gasteiger partial charge is 0.480 e. The fourth-order valence-electron chi connectivity index (χ4n) is 1.47. The predicted molar refractivity (Wildman–Crippen MR) is 66.9 cm³/mol. The van der Waals surface area contributed by atoms with Gasteiger partial charge >= 0.3 is 12.0 Å². The summed E-state index contributed by atoms with van der Waals surface area (Å²) in [5, 5.41) is 8.81. The topological polar surface area (TPSA) is 60.9 Å². The van der Waals surface area contributed by atoms with Crippen LogP contribution in [0.1, 0.15) is 27.2 Å². The van der Waals surface area contributed by atoms with Crippen LogP contribution < -0.4 is 0 Å². The molecule has 98 valence electrons. The van der Waals surface area contributed by atoms with Crippen molar-refractivity contribution in [1.29, 1.82) is 0 Å². The molecule has 1 unspecified atom stereocenters. The van der Waals surface area contributed by atoms with Crippen molar-refractivity contribution in [2.24, 2.45) is 0 Å². The summed E-state index contributed by atoms with van der Waals surface area (Å²) in [7, 11) is 1.65. The Bertz CT molecular complexity index is 302. The molecule has 1 atom stereocenters. The van der Waals surface area contributed by atoms with E-state index in [4.69, 9.17) is 5.11 Å². The molecule has 0 aliphatic rings. The zero-order chi connectivity index (χ0) is 13.6. The molecule has 0 radical (unpaired) electrons. The Kier molecular flexibility index (Phi) is 6.31. The number of hydrogen-bond donors (Lipinski definition) is 1. The number of carbonyl (C=O) groups excluding carboxylic acids is 1. The van der Waals surface area contributed by atoms with E-state index in [-0.39, 0.29) is 18.6 Å². The zero-order valence-electron chi connectivity index (χ0n) is 11.1. The van der Waals surface area contributed by atoms with Gasteiger partial charge < -0.3 is 14.9 Å². The van der Waals surface area contributed by atoms with E-state index < -0.39 is 5.97 Å². The van der Waals surface area contributed by atoms with Crippen molar-refractivity contribution in [3.8, 4) is 0 Å². The predicted octanol–water partition coefficient (Wildman–Crippen LogP) is 1.80. The molecule has 0 bridgehead atoms. The van der Waals surface area contributed by atoms with Gasteiger partial charge in [0.15, 0.2) is 0 Å². The molecule has 0 saturated carbocycles.